The predicted octanol–water partition coefficient (Wildman–Crippen LogP) is 1.29. The van der Waals surface area contributed by atoms with Gasteiger partial charge in [-0.1, -0.05) is 30.3 Å². The van der Waals surface area contributed by atoms with Crippen LogP contribution < -0.4 is 11.1 Å². The van der Waals surface area contributed by atoms with Gasteiger partial charge >= 0.3 is 12.3 Å². The van der Waals surface area contributed by atoms with Crippen LogP contribution >= 0.6 is 0 Å². The summed E-state index contributed by atoms with van der Waals surface area (Å²) in [6, 6.07) is 6.25. The van der Waals surface area contributed by atoms with Crippen molar-refractivity contribution in [2.45, 2.75) is 25.2 Å². The fraction of sp³-hybridized carbons (Fsp3) is 0.308. The molecule has 2 amide bonds. The standard InChI is InChI=1S/C13H13F3N2O4/c14-13(15,16)11(20)9(6-10(17)19)18-12(21)22-7-8-4-2-1-3-5-8/h1-5,9H,6-7H2,(H2,17,19)(H,18,21)/t9-/m1/s1. The van der Waals surface area contributed by atoms with Crippen molar-refractivity contribution in [1.29, 1.82) is 0 Å². The van der Waals surface area contributed by atoms with E-state index in [4.69, 9.17) is 5.73 Å². The monoisotopic (exact) mass is 318 g/mol. The number of carbonyl (C=O) groups excluding carboxylic acids is 3. The molecule has 6 nitrogen and oxygen atoms in total. The Hall–Kier alpha value is -2.58. The zero-order chi connectivity index (χ0) is 16.8. The van der Waals surface area contributed by atoms with Crippen molar-refractivity contribution in [2.75, 3.05) is 0 Å². The summed E-state index contributed by atoms with van der Waals surface area (Å²) in [5, 5.41) is 1.69. The second-order valence-electron chi connectivity index (χ2n) is 4.29. The number of ketones is 1. The third kappa shape index (κ3) is 5.81. The zero-order valence-corrected chi connectivity index (χ0v) is 11.2. The number of amides is 2. The van der Waals surface area contributed by atoms with Crippen molar-refractivity contribution in [2.24, 2.45) is 5.73 Å². The molecule has 22 heavy (non-hydrogen) atoms. The van der Waals surface area contributed by atoms with Crippen LogP contribution in [0.1, 0.15) is 12.0 Å². The van der Waals surface area contributed by atoms with E-state index >= 15 is 0 Å². The maximum absolute atomic E-state index is 12.4. The summed E-state index contributed by atoms with van der Waals surface area (Å²) in [5.41, 5.74) is 5.37. The van der Waals surface area contributed by atoms with Crippen LogP contribution in [0.15, 0.2) is 30.3 Å². The highest BCUT2D eigenvalue weighted by atomic mass is 19.4. The predicted molar refractivity (Wildman–Crippen MR) is 68.4 cm³/mol. The molecule has 0 spiro atoms. The number of rotatable bonds is 6. The molecular weight excluding hydrogens is 305 g/mol. The van der Waals surface area contributed by atoms with Crippen molar-refractivity contribution in [1.82, 2.24) is 5.32 Å². The summed E-state index contributed by atoms with van der Waals surface area (Å²) < 4.78 is 41.8. The molecule has 0 aliphatic carbocycles. The Labute approximate surface area is 123 Å². The van der Waals surface area contributed by atoms with Crippen molar-refractivity contribution >= 4 is 17.8 Å². The molecule has 0 fully saturated rings. The summed E-state index contributed by atoms with van der Waals surface area (Å²) in [7, 11) is 0. The van der Waals surface area contributed by atoms with Crippen LogP contribution in [0.3, 0.4) is 0 Å². The molecule has 0 aliphatic rings. The van der Waals surface area contributed by atoms with E-state index in [1.165, 1.54) is 0 Å². The van der Waals surface area contributed by atoms with E-state index in [1.807, 2.05) is 0 Å². The molecule has 0 aliphatic heterocycles. The molecular formula is C13H13F3N2O4. The van der Waals surface area contributed by atoms with Crippen molar-refractivity contribution in [3.63, 3.8) is 0 Å². The number of primary amides is 1. The van der Waals surface area contributed by atoms with E-state index in [-0.39, 0.29) is 6.61 Å². The molecule has 120 valence electrons. The minimum Gasteiger partial charge on any atom is -0.445 e. The molecule has 1 rings (SSSR count). The van der Waals surface area contributed by atoms with Gasteiger partial charge in [0.25, 0.3) is 5.78 Å². The van der Waals surface area contributed by atoms with Crippen LogP contribution in [0.25, 0.3) is 0 Å². The van der Waals surface area contributed by atoms with Gasteiger partial charge in [-0.2, -0.15) is 13.2 Å². The second-order valence-corrected chi connectivity index (χ2v) is 4.29. The molecule has 3 N–H and O–H groups in total. The number of nitrogens with one attached hydrogen (secondary N) is 1. The topological polar surface area (TPSA) is 98.5 Å². The van der Waals surface area contributed by atoms with Crippen molar-refractivity contribution in [3.05, 3.63) is 35.9 Å². The number of benzene rings is 1. The van der Waals surface area contributed by atoms with Gasteiger partial charge in [0.05, 0.1) is 6.42 Å². The summed E-state index contributed by atoms with van der Waals surface area (Å²) in [5.74, 6) is -3.44. The Morgan fingerprint density at radius 3 is 2.27 bits per heavy atom. The lowest BCUT2D eigenvalue weighted by Gasteiger charge is -2.17. The first-order valence-corrected chi connectivity index (χ1v) is 6.06. The molecule has 0 heterocycles. The van der Waals surface area contributed by atoms with Gasteiger partial charge in [-0.25, -0.2) is 4.79 Å². The number of alkyl halides is 3. The van der Waals surface area contributed by atoms with E-state index in [0.717, 1.165) is 0 Å². The van der Waals surface area contributed by atoms with Gasteiger partial charge in [-0.15, -0.1) is 0 Å². The Morgan fingerprint density at radius 1 is 1.18 bits per heavy atom. The van der Waals surface area contributed by atoms with Crippen LogP contribution in [0.5, 0.6) is 0 Å². The molecule has 1 atom stereocenters. The molecule has 0 aromatic heterocycles. The molecule has 0 saturated carbocycles. The maximum atomic E-state index is 12.4. The normalized spacial score (nSPS) is 12.3. The molecule has 0 unspecified atom stereocenters. The number of Topliss-reactive ketones (excluding diaryl/α,β-unsaturated/α-hetero) is 1. The van der Waals surface area contributed by atoms with Crippen LogP contribution in [0, 0.1) is 0 Å². The van der Waals surface area contributed by atoms with E-state index in [1.54, 1.807) is 35.6 Å². The van der Waals surface area contributed by atoms with Gasteiger partial charge in [0.2, 0.25) is 5.91 Å². The lowest BCUT2D eigenvalue weighted by Crippen LogP contribution is -2.48. The van der Waals surface area contributed by atoms with Gasteiger partial charge in [0.1, 0.15) is 12.6 Å². The quantitative estimate of drug-likeness (QED) is 0.825. The summed E-state index contributed by atoms with van der Waals surface area (Å²) in [6.07, 6.45) is -7.43. The zero-order valence-electron chi connectivity index (χ0n) is 11.2. The van der Waals surface area contributed by atoms with Crippen molar-refractivity contribution in [3.8, 4) is 0 Å². The number of hydrogen-bond donors (Lipinski definition) is 2. The van der Waals surface area contributed by atoms with Crippen LogP contribution in [0.4, 0.5) is 18.0 Å². The van der Waals surface area contributed by atoms with E-state index in [0.29, 0.717) is 5.56 Å². The fourth-order valence-electron chi connectivity index (χ4n) is 1.52. The Morgan fingerprint density at radius 2 is 1.77 bits per heavy atom. The highest BCUT2D eigenvalue weighted by Crippen LogP contribution is 2.19. The third-order valence-corrected chi connectivity index (χ3v) is 2.51. The highest BCUT2D eigenvalue weighted by Gasteiger charge is 2.44. The van der Waals surface area contributed by atoms with E-state index < -0.39 is 36.4 Å². The third-order valence-electron chi connectivity index (χ3n) is 2.51. The van der Waals surface area contributed by atoms with Crippen molar-refractivity contribution < 1.29 is 32.3 Å². The molecule has 0 saturated heterocycles. The SMILES string of the molecule is NC(=O)C[C@@H](NC(=O)OCc1ccccc1)C(=O)C(F)(F)F. The van der Waals surface area contributed by atoms with Crippen LogP contribution in [-0.2, 0) is 20.9 Å². The van der Waals surface area contributed by atoms with Gasteiger partial charge in [-0.3, -0.25) is 9.59 Å². The molecule has 1 aromatic carbocycles. The van der Waals surface area contributed by atoms with E-state index in [9.17, 15) is 27.6 Å². The maximum Gasteiger partial charge on any atom is 0.452 e. The Kier molecular flexibility index (Phi) is 5.90. The average molecular weight is 318 g/mol. The number of nitrogens with two attached hydrogens (primary N) is 1. The summed E-state index contributed by atoms with van der Waals surface area (Å²) in [4.78, 5) is 33.3. The van der Waals surface area contributed by atoms with E-state index in [2.05, 4.69) is 4.74 Å². The minimum atomic E-state index is -5.20. The van der Waals surface area contributed by atoms with Crippen LogP contribution in [0.2, 0.25) is 0 Å². The lowest BCUT2D eigenvalue weighted by molar-refractivity contribution is -0.173. The lowest BCUT2D eigenvalue weighted by atomic mass is 10.1. The summed E-state index contributed by atoms with van der Waals surface area (Å²) in [6.45, 7) is -0.198. The number of ether oxygens (including phenoxy) is 1. The van der Waals surface area contributed by atoms with Gasteiger partial charge in [-0.05, 0) is 5.56 Å². The number of hydrogen-bond acceptors (Lipinski definition) is 4. The molecule has 0 radical (unpaired) electrons. The number of alkyl carbamates (subject to hydrolysis) is 1. The number of halogens is 3. The minimum absolute atomic E-state index is 0.198. The Balaban J connectivity index is 2.63. The largest absolute Gasteiger partial charge is 0.452 e. The van der Waals surface area contributed by atoms with Gasteiger partial charge < -0.3 is 15.8 Å². The fourth-order valence-corrected chi connectivity index (χ4v) is 1.52. The smallest absolute Gasteiger partial charge is 0.445 e. The first kappa shape index (κ1) is 17.5. The first-order valence-electron chi connectivity index (χ1n) is 6.06. The highest BCUT2D eigenvalue weighted by molar-refractivity contribution is 5.95. The first-order chi connectivity index (χ1) is 10.2. The van der Waals surface area contributed by atoms with Gasteiger partial charge in [0, 0.05) is 0 Å². The Bertz CT molecular complexity index is 546. The van der Waals surface area contributed by atoms with Crippen LogP contribution in [-0.4, -0.2) is 30.0 Å². The molecule has 9 heteroatoms. The summed E-state index contributed by atoms with van der Waals surface area (Å²) >= 11 is 0. The van der Waals surface area contributed by atoms with Gasteiger partial charge in [0.15, 0.2) is 0 Å². The molecule has 1 aromatic rings. The second kappa shape index (κ2) is 7.43. The molecule has 0 bridgehead atoms. The number of carbonyl (C=O) groups is 3. The average Bonchev–Trinajstić information content (AvgIpc) is 2.43.